The second-order valence-electron chi connectivity index (χ2n) is 4.22. The third kappa shape index (κ3) is 3.25. The normalized spacial score (nSPS) is 11.4. The lowest BCUT2D eigenvalue weighted by molar-refractivity contribution is -0.0477. The molecule has 106 valence electrons. The Morgan fingerprint density at radius 2 is 1.70 bits per heavy atom. The first-order valence-electron chi connectivity index (χ1n) is 5.94. The van der Waals surface area contributed by atoms with Crippen LogP contribution in [-0.4, -0.2) is 6.61 Å². The fraction of sp³-hybridized carbons (Fsp3) is 0.200. The van der Waals surface area contributed by atoms with Crippen molar-refractivity contribution in [3.63, 3.8) is 0 Å². The molecule has 2 aromatic carbocycles. The standard InChI is InChI=1S/C15H12ClF3O/c16-9-11-5-4-8-13(17)14(11)20-10-15(18,19)12-6-2-1-3-7-12/h1-8H,9-10H2. The molecular formula is C15H12ClF3O. The molecule has 2 rings (SSSR count). The van der Waals surface area contributed by atoms with E-state index in [2.05, 4.69) is 0 Å². The third-order valence-electron chi connectivity index (χ3n) is 2.79. The third-order valence-corrected chi connectivity index (χ3v) is 3.07. The van der Waals surface area contributed by atoms with E-state index in [-0.39, 0.29) is 17.2 Å². The predicted molar refractivity (Wildman–Crippen MR) is 71.8 cm³/mol. The molecule has 0 atom stereocenters. The Kier molecular flexibility index (Phi) is 4.55. The minimum Gasteiger partial charge on any atom is -0.484 e. The summed E-state index contributed by atoms with van der Waals surface area (Å²) >= 11 is 5.64. The van der Waals surface area contributed by atoms with Crippen LogP contribution in [0.4, 0.5) is 13.2 Å². The molecule has 0 fully saturated rings. The smallest absolute Gasteiger partial charge is 0.306 e. The van der Waals surface area contributed by atoms with Crippen molar-refractivity contribution in [2.24, 2.45) is 0 Å². The molecule has 0 saturated carbocycles. The van der Waals surface area contributed by atoms with Gasteiger partial charge in [0, 0.05) is 11.1 Å². The lowest BCUT2D eigenvalue weighted by Crippen LogP contribution is -2.23. The molecule has 0 bridgehead atoms. The lowest BCUT2D eigenvalue weighted by atomic mass is 10.1. The van der Waals surface area contributed by atoms with Crippen molar-refractivity contribution in [1.29, 1.82) is 0 Å². The number of alkyl halides is 3. The molecule has 0 heterocycles. The Hall–Kier alpha value is -1.68. The SMILES string of the molecule is Fc1cccc(CCl)c1OCC(F)(F)c1ccccc1. The summed E-state index contributed by atoms with van der Waals surface area (Å²) in [6.45, 7) is -0.943. The van der Waals surface area contributed by atoms with Crippen LogP contribution in [0.5, 0.6) is 5.75 Å². The highest BCUT2D eigenvalue weighted by atomic mass is 35.5. The highest BCUT2D eigenvalue weighted by Crippen LogP contribution is 2.31. The number of hydrogen-bond donors (Lipinski definition) is 0. The second-order valence-corrected chi connectivity index (χ2v) is 4.49. The van der Waals surface area contributed by atoms with E-state index >= 15 is 0 Å². The van der Waals surface area contributed by atoms with Gasteiger partial charge in [0.2, 0.25) is 0 Å². The molecule has 0 aliphatic heterocycles. The van der Waals surface area contributed by atoms with Gasteiger partial charge in [-0.05, 0) is 6.07 Å². The van der Waals surface area contributed by atoms with E-state index in [0.29, 0.717) is 5.56 Å². The zero-order valence-corrected chi connectivity index (χ0v) is 11.2. The molecule has 0 spiro atoms. The molecule has 20 heavy (non-hydrogen) atoms. The van der Waals surface area contributed by atoms with E-state index in [0.717, 1.165) is 6.07 Å². The highest BCUT2D eigenvalue weighted by molar-refractivity contribution is 6.17. The van der Waals surface area contributed by atoms with Crippen LogP contribution in [0.15, 0.2) is 48.5 Å². The quantitative estimate of drug-likeness (QED) is 0.725. The number of para-hydroxylation sites is 1. The molecule has 0 aromatic heterocycles. The van der Waals surface area contributed by atoms with Crippen LogP contribution in [0.3, 0.4) is 0 Å². The maximum atomic E-state index is 13.9. The van der Waals surface area contributed by atoms with Crippen molar-refractivity contribution >= 4 is 11.6 Å². The van der Waals surface area contributed by atoms with E-state index in [1.54, 1.807) is 6.07 Å². The summed E-state index contributed by atoms with van der Waals surface area (Å²) in [7, 11) is 0. The first-order chi connectivity index (χ1) is 9.54. The molecule has 2 aromatic rings. The van der Waals surface area contributed by atoms with Gasteiger partial charge in [-0.25, -0.2) is 4.39 Å². The summed E-state index contributed by atoms with van der Waals surface area (Å²) in [4.78, 5) is 0. The number of benzene rings is 2. The molecule has 0 aliphatic carbocycles. The summed E-state index contributed by atoms with van der Waals surface area (Å²) < 4.78 is 46.4. The van der Waals surface area contributed by atoms with E-state index in [1.807, 2.05) is 0 Å². The van der Waals surface area contributed by atoms with Crippen molar-refractivity contribution in [3.8, 4) is 5.75 Å². The zero-order valence-electron chi connectivity index (χ0n) is 10.5. The van der Waals surface area contributed by atoms with Crippen molar-refractivity contribution in [3.05, 3.63) is 65.5 Å². The summed E-state index contributed by atoms with van der Waals surface area (Å²) in [6, 6.07) is 11.4. The number of hydrogen-bond acceptors (Lipinski definition) is 1. The van der Waals surface area contributed by atoms with Crippen molar-refractivity contribution in [1.82, 2.24) is 0 Å². The van der Waals surface area contributed by atoms with Gasteiger partial charge in [0.25, 0.3) is 0 Å². The Balaban J connectivity index is 2.17. The summed E-state index contributed by atoms with van der Waals surface area (Å²) in [5, 5.41) is 0. The van der Waals surface area contributed by atoms with Gasteiger partial charge >= 0.3 is 5.92 Å². The fourth-order valence-electron chi connectivity index (χ4n) is 1.75. The van der Waals surface area contributed by atoms with Crippen LogP contribution in [-0.2, 0) is 11.8 Å². The number of halogens is 4. The van der Waals surface area contributed by atoms with Gasteiger partial charge in [-0.1, -0.05) is 42.5 Å². The molecule has 0 radical (unpaired) electrons. The molecule has 1 nitrogen and oxygen atoms in total. The van der Waals surface area contributed by atoms with E-state index in [9.17, 15) is 13.2 Å². The molecule has 0 N–H and O–H groups in total. The van der Waals surface area contributed by atoms with Crippen molar-refractivity contribution in [2.45, 2.75) is 11.8 Å². The molecular weight excluding hydrogens is 289 g/mol. The highest BCUT2D eigenvalue weighted by Gasteiger charge is 2.33. The first kappa shape index (κ1) is 14.7. The van der Waals surface area contributed by atoms with Gasteiger partial charge in [0.15, 0.2) is 18.2 Å². The summed E-state index contributed by atoms with van der Waals surface area (Å²) in [6.07, 6.45) is 0. The van der Waals surface area contributed by atoms with Gasteiger partial charge in [0.1, 0.15) is 0 Å². The molecule has 0 unspecified atom stereocenters. The zero-order chi connectivity index (χ0) is 14.6. The average Bonchev–Trinajstić information content (AvgIpc) is 2.46. The summed E-state index contributed by atoms with van der Waals surface area (Å²) in [5.74, 6) is -4.14. The van der Waals surface area contributed by atoms with Crippen molar-refractivity contribution < 1.29 is 17.9 Å². The largest absolute Gasteiger partial charge is 0.484 e. The van der Waals surface area contributed by atoms with E-state index < -0.39 is 18.3 Å². The molecule has 0 saturated heterocycles. The van der Waals surface area contributed by atoms with Crippen LogP contribution >= 0.6 is 11.6 Å². The van der Waals surface area contributed by atoms with Gasteiger partial charge in [-0.3, -0.25) is 0 Å². The van der Waals surface area contributed by atoms with E-state index in [1.165, 1.54) is 36.4 Å². The van der Waals surface area contributed by atoms with Crippen LogP contribution in [0.25, 0.3) is 0 Å². The second kappa shape index (κ2) is 6.18. The van der Waals surface area contributed by atoms with Crippen LogP contribution in [0.2, 0.25) is 0 Å². The average molecular weight is 301 g/mol. The van der Waals surface area contributed by atoms with E-state index in [4.69, 9.17) is 16.3 Å². The van der Waals surface area contributed by atoms with Gasteiger partial charge in [0.05, 0.1) is 5.88 Å². The van der Waals surface area contributed by atoms with Crippen LogP contribution in [0, 0.1) is 5.82 Å². The molecule has 5 heteroatoms. The Morgan fingerprint density at radius 3 is 2.35 bits per heavy atom. The number of ether oxygens (including phenoxy) is 1. The predicted octanol–water partition coefficient (Wildman–Crippen LogP) is 4.74. The van der Waals surface area contributed by atoms with Crippen molar-refractivity contribution in [2.75, 3.05) is 6.61 Å². The lowest BCUT2D eigenvalue weighted by Gasteiger charge is -2.18. The van der Waals surface area contributed by atoms with Crippen LogP contribution < -0.4 is 4.74 Å². The van der Waals surface area contributed by atoms with Gasteiger partial charge in [-0.2, -0.15) is 8.78 Å². The Labute approximate surface area is 119 Å². The Morgan fingerprint density at radius 1 is 1.00 bits per heavy atom. The summed E-state index contributed by atoms with van der Waals surface area (Å²) in [5.41, 5.74) is 0.166. The molecule has 0 aliphatic rings. The monoisotopic (exact) mass is 300 g/mol. The fourth-order valence-corrected chi connectivity index (χ4v) is 1.96. The maximum Gasteiger partial charge on any atom is 0.306 e. The topological polar surface area (TPSA) is 9.23 Å². The minimum atomic E-state index is -3.20. The first-order valence-corrected chi connectivity index (χ1v) is 6.47. The molecule has 0 amide bonds. The van der Waals surface area contributed by atoms with Gasteiger partial charge in [-0.15, -0.1) is 11.6 Å². The Bertz CT molecular complexity index is 573. The number of rotatable bonds is 5. The van der Waals surface area contributed by atoms with Crippen LogP contribution in [0.1, 0.15) is 11.1 Å². The van der Waals surface area contributed by atoms with Gasteiger partial charge < -0.3 is 4.74 Å². The maximum absolute atomic E-state index is 13.9. The minimum absolute atomic E-state index is 0.00992.